The molecule has 0 aromatic heterocycles. The number of ether oxygens (including phenoxy) is 1. The highest BCUT2D eigenvalue weighted by molar-refractivity contribution is 7.28. The van der Waals surface area contributed by atoms with Crippen LogP contribution in [0.3, 0.4) is 0 Å². The van der Waals surface area contributed by atoms with E-state index in [1.165, 1.54) is 12.1 Å². The highest BCUT2D eigenvalue weighted by atomic mass is 31.0. The second kappa shape index (κ2) is 7.63. The number of nitrogens with one attached hydrogen (secondary N) is 1. The zero-order chi connectivity index (χ0) is 18.8. The number of carbonyl (C=O) groups excluding carboxylic acids is 1. The molecule has 1 heterocycles. The molecule has 0 spiro atoms. The molecule has 4 nitrogen and oxygen atoms in total. The molecule has 1 fully saturated rings. The summed E-state index contributed by atoms with van der Waals surface area (Å²) >= 11 is 0. The Morgan fingerprint density at radius 2 is 1.70 bits per heavy atom. The van der Waals surface area contributed by atoms with E-state index in [-0.39, 0.29) is 11.7 Å². The molecule has 4 rings (SSSR count). The van der Waals surface area contributed by atoms with Crippen molar-refractivity contribution in [1.29, 1.82) is 0 Å². The van der Waals surface area contributed by atoms with E-state index in [4.69, 9.17) is 4.74 Å². The number of hydrogen-bond donors (Lipinski definition) is 1. The van der Waals surface area contributed by atoms with E-state index in [0.29, 0.717) is 31.9 Å². The maximum atomic E-state index is 13.4. The van der Waals surface area contributed by atoms with Crippen LogP contribution in [0, 0.1) is 5.82 Å². The van der Waals surface area contributed by atoms with Gasteiger partial charge in [0.25, 0.3) is 5.91 Å². The predicted octanol–water partition coefficient (Wildman–Crippen LogP) is 3.70. The normalized spacial score (nSPS) is 14.4. The average Bonchev–Trinajstić information content (AvgIpc) is 2.70. The molecule has 1 aliphatic heterocycles. The van der Waals surface area contributed by atoms with Crippen LogP contribution in [-0.2, 0) is 4.74 Å². The highest BCUT2D eigenvalue weighted by Crippen LogP contribution is 2.30. The van der Waals surface area contributed by atoms with Crippen LogP contribution in [-0.4, -0.2) is 37.1 Å². The maximum absolute atomic E-state index is 13.4. The lowest BCUT2D eigenvalue weighted by Crippen LogP contribution is -2.40. The van der Waals surface area contributed by atoms with E-state index < -0.39 is 0 Å². The van der Waals surface area contributed by atoms with Crippen LogP contribution in [0.5, 0.6) is 0 Å². The first-order valence-corrected chi connectivity index (χ1v) is 9.42. The Kier molecular flexibility index (Phi) is 5.06. The van der Waals surface area contributed by atoms with Crippen molar-refractivity contribution >= 4 is 42.6 Å². The summed E-state index contributed by atoms with van der Waals surface area (Å²) in [5, 5.41) is 5.94. The predicted molar refractivity (Wildman–Crippen MR) is 110 cm³/mol. The summed E-state index contributed by atoms with van der Waals surface area (Å²) in [4.78, 5) is 14.8. The van der Waals surface area contributed by atoms with Gasteiger partial charge in [0.05, 0.1) is 13.2 Å². The average molecular weight is 382 g/mol. The van der Waals surface area contributed by atoms with Gasteiger partial charge in [-0.15, -0.1) is 9.24 Å². The minimum absolute atomic E-state index is 0.0227. The summed E-state index contributed by atoms with van der Waals surface area (Å²) < 4.78 is 18.7. The Hall–Kier alpha value is -2.49. The van der Waals surface area contributed by atoms with Crippen LogP contribution < -0.4 is 10.6 Å². The number of fused-ring (bicyclic) bond motifs is 1. The van der Waals surface area contributed by atoms with Gasteiger partial charge in [-0.25, -0.2) is 4.39 Å². The molecule has 6 heteroatoms. The number of nitrogens with zero attached hydrogens (tertiary/aromatic N) is 1. The lowest BCUT2D eigenvalue weighted by molar-refractivity contribution is 0.0304. The van der Waals surface area contributed by atoms with Crippen molar-refractivity contribution in [3.8, 4) is 0 Å². The summed E-state index contributed by atoms with van der Waals surface area (Å²) in [5.74, 6) is -0.253. The van der Waals surface area contributed by atoms with Gasteiger partial charge in [0.2, 0.25) is 0 Å². The molecule has 1 saturated heterocycles. The third kappa shape index (κ3) is 3.66. The van der Waals surface area contributed by atoms with Gasteiger partial charge in [-0.2, -0.15) is 0 Å². The van der Waals surface area contributed by atoms with Crippen LogP contribution in [0.25, 0.3) is 10.8 Å². The Labute approximate surface area is 159 Å². The van der Waals surface area contributed by atoms with Gasteiger partial charge in [-0.05, 0) is 41.0 Å². The van der Waals surface area contributed by atoms with Crippen LogP contribution in [0.15, 0.2) is 54.6 Å². The second-order valence-corrected chi connectivity index (χ2v) is 7.09. The quantitative estimate of drug-likeness (QED) is 0.703. The van der Waals surface area contributed by atoms with Crippen molar-refractivity contribution in [1.82, 2.24) is 4.90 Å². The minimum Gasteiger partial charge on any atom is -0.378 e. The fourth-order valence-corrected chi connectivity index (χ4v) is 3.65. The summed E-state index contributed by atoms with van der Waals surface area (Å²) in [6.07, 6.45) is 0. The van der Waals surface area contributed by atoms with Gasteiger partial charge in [0, 0.05) is 35.4 Å². The second-order valence-electron chi connectivity index (χ2n) is 6.47. The van der Waals surface area contributed by atoms with Crippen molar-refractivity contribution in [3.05, 3.63) is 66.0 Å². The third-order valence-corrected chi connectivity index (χ3v) is 5.21. The third-order valence-electron chi connectivity index (χ3n) is 4.74. The van der Waals surface area contributed by atoms with Crippen LogP contribution in [0.1, 0.15) is 10.4 Å². The smallest absolute Gasteiger partial charge is 0.254 e. The Morgan fingerprint density at radius 1 is 1.00 bits per heavy atom. The fourth-order valence-electron chi connectivity index (χ4n) is 3.32. The van der Waals surface area contributed by atoms with Gasteiger partial charge in [-0.1, -0.05) is 24.3 Å². The van der Waals surface area contributed by atoms with Crippen LogP contribution in [0.4, 0.5) is 15.8 Å². The molecule has 1 N–H and O–H groups in total. The van der Waals surface area contributed by atoms with E-state index in [1.54, 1.807) is 6.07 Å². The fraction of sp³-hybridized carbons (Fsp3) is 0.190. The Bertz CT molecular complexity index is 1000. The topological polar surface area (TPSA) is 41.6 Å². The molecule has 1 amide bonds. The van der Waals surface area contributed by atoms with Crippen molar-refractivity contribution in [3.63, 3.8) is 0 Å². The zero-order valence-electron chi connectivity index (χ0n) is 14.7. The van der Waals surface area contributed by atoms with Crippen molar-refractivity contribution in [2.24, 2.45) is 0 Å². The SMILES string of the molecule is O=C(c1ccc(Nc2ccc(F)cc2P)c2ccccc12)N1CCOCC1. The van der Waals surface area contributed by atoms with Gasteiger partial charge in [0.1, 0.15) is 5.82 Å². The molecule has 3 aromatic carbocycles. The standard InChI is InChI=1S/C21H20FN2O2P/c22-14-5-7-19(20(27)13-14)23-18-8-6-17(15-3-1-2-4-16(15)18)21(25)24-9-11-26-12-10-24/h1-8,13,23H,9-12,27H2. The van der Waals surface area contributed by atoms with E-state index in [2.05, 4.69) is 14.6 Å². The Morgan fingerprint density at radius 3 is 2.44 bits per heavy atom. The molecule has 27 heavy (non-hydrogen) atoms. The summed E-state index contributed by atoms with van der Waals surface area (Å²) in [6.45, 7) is 2.37. The lowest BCUT2D eigenvalue weighted by atomic mass is 10.0. The zero-order valence-corrected chi connectivity index (χ0v) is 15.9. The molecule has 0 bridgehead atoms. The summed E-state index contributed by atoms with van der Waals surface area (Å²) in [6, 6.07) is 16.2. The van der Waals surface area contributed by atoms with Crippen molar-refractivity contribution in [2.75, 3.05) is 31.6 Å². The summed E-state index contributed by atoms with van der Waals surface area (Å²) in [7, 11) is 2.54. The maximum Gasteiger partial charge on any atom is 0.254 e. The minimum atomic E-state index is -0.276. The largest absolute Gasteiger partial charge is 0.378 e. The molecule has 138 valence electrons. The molecule has 1 aliphatic rings. The first-order chi connectivity index (χ1) is 13.1. The molecule has 0 saturated carbocycles. The monoisotopic (exact) mass is 382 g/mol. The highest BCUT2D eigenvalue weighted by Gasteiger charge is 2.21. The number of benzene rings is 3. The molecule has 0 radical (unpaired) electrons. The number of morpholine rings is 1. The number of halogens is 1. The number of amides is 1. The van der Waals surface area contributed by atoms with Crippen molar-refractivity contribution in [2.45, 2.75) is 0 Å². The van der Waals surface area contributed by atoms with E-state index >= 15 is 0 Å². The molecule has 1 atom stereocenters. The van der Waals surface area contributed by atoms with Crippen LogP contribution >= 0.6 is 9.24 Å². The number of carbonyl (C=O) groups is 1. The molecule has 3 aromatic rings. The van der Waals surface area contributed by atoms with Gasteiger partial charge < -0.3 is 15.0 Å². The van der Waals surface area contributed by atoms with Crippen molar-refractivity contribution < 1.29 is 13.9 Å². The van der Waals surface area contributed by atoms with Gasteiger partial charge in [0.15, 0.2) is 0 Å². The number of rotatable bonds is 3. The number of hydrogen-bond acceptors (Lipinski definition) is 3. The first kappa shape index (κ1) is 17.9. The van der Waals surface area contributed by atoms with Crippen LogP contribution in [0.2, 0.25) is 0 Å². The van der Waals surface area contributed by atoms with E-state index in [9.17, 15) is 9.18 Å². The molecule has 1 unspecified atom stereocenters. The molecular weight excluding hydrogens is 362 g/mol. The lowest BCUT2D eigenvalue weighted by Gasteiger charge is -2.27. The van der Waals surface area contributed by atoms with E-state index in [0.717, 1.165) is 27.5 Å². The molecular formula is C21H20FN2O2P. The summed E-state index contributed by atoms with van der Waals surface area (Å²) in [5.41, 5.74) is 2.36. The number of anilines is 2. The Balaban J connectivity index is 1.73. The van der Waals surface area contributed by atoms with Gasteiger partial charge in [-0.3, -0.25) is 4.79 Å². The van der Waals surface area contributed by atoms with E-state index in [1.807, 2.05) is 41.3 Å². The first-order valence-electron chi connectivity index (χ1n) is 8.84. The molecule has 0 aliphatic carbocycles. The van der Waals surface area contributed by atoms with Gasteiger partial charge >= 0.3 is 0 Å².